The number of aromatic nitrogens is 3. The Balaban J connectivity index is 2.33. The summed E-state index contributed by atoms with van der Waals surface area (Å²) in [6, 6.07) is 7.27. The number of rotatable bonds is 7. The standard InChI is InChI=1S/C14H16N3O3P/c1-3-19-14(21-18,20-4-2)12-7-5-11(6-8-12)13-16-9-15-10-17-13/h5-10H,3-4H2,1-2H3. The fourth-order valence-corrected chi connectivity index (χ4v) is 2.54. The molecule has 0 aliphatic rings. The van der Waals surface area contributed by atoms with Gasteiger partial charge < -0.3 is 9.47 Å². The Kier molecular flexibility index (Phi) is 5.44. The van der Waals surface area contributed by atoms with E-state index in [0.717, 1.165) is 5.56 Å². The Bertz CT molecular complexity index is 572. The van der Waals surface area contributed by atoms with Crippen LogP contribution < -0.4 is 0 Å². The van der Waals surface area contributed by atoms with E-state index < -0.39 is 5.53 Å². The van der Waals surface area contributed by atoms with E-state index in [1.807, 2.05) is 26.0 Å². The Labute approximate surface area is 124 Å². The van der Waals surface area contributed by atoms with Gasteiger partial charge in [-0.2, -0.15) is 0 Å². The van der Waals surface area contributed by atoms with Gasteiger partial charge >= 0.3 is 0 Å². The van der Waals surface area contributed by atoms with Crippen LogP contribution in [0.4, 0.5) is 0 Å². The number of hydrogen-bond donors (Lipinski definition) is 0. The van der Waals surface area contributed by atoms with Crippen LogP contribution >= 0.6 is 8.46 Å². The number of nitrogens with zero attached hydrogens (tertiary/aromatic N) is 3. The zero-order valence-electron chi connectivity index (χ0n) is 11.9. The molecule has 21 heavy (non-hydrogen) atoms. The molecule has 1 aromatic heterocycles. The molecule has 0 saturated carbocycles. The van der Waals surface area contributed by atoms with Crippen molar-refractivity contribution < 1.29 is 14.0 Å². The van der Waals surface area contributed by atoms with Crippen LogP contribution in [0, 0.1) is 0 Å². The van der Waals surface area contributed by atoms with E-state index >= 15 is 0 Å². The minimum atomic E-state index is -1.26. The van der Waals surface area contributed by atoms with Crippen LogP contribution in [0.3, 0.4) is 0 Å². The summed E-state index contributed by atoms with van der Waals surface area (Å²) < 4.78 is 22.7. The van der Waals surface area contributed by atoms with Crippen LogP contribution in [0.15, 0.2) is 36.9 Å². The highest BCUT2D eigenvalue weighted by molar-refractivity contribution is 7.24. The Morgan fingerprint density at radius 1 is 1.05 bits per heavy atom. The quantitative estimate of drug-likeness (QED) is 0.578. The largest absolute Gasteiger partial charge is 0.337 e. The van der Waals surface area contributed by atoms with Crippen LogP contribution in [0.1, 0.15) is 19.4 Å². The van der Waals surface area contributed by atoms with E-state index in [0.29, 0.717) is 24.6 Å². The summed E-state index contributed by atoms with van der Waals surface area (Å²) in [7, 11) is -0.238. The Hall–Kier alpha value is -1.75. The number of hydrogen-bond acceptors (Lipinski definition) is 6. The molecule has 0 amide bonds. The first-order valence-electron chi connectivity index (χ1n) is 6.61. The average Bonchev–Trinajstić information content (AvgIpc) is 2.55. The lowest BCUT2D eigenvalue weighted by Crippen LogP contribution is -2.27. The molecular weight excluding hydrogens is 289 g/mol. The first-order chi connectivity index (χ1) is 10.3. The molecular formula is C14H16N3O3P. The predicted octanol–water partition coefficient (Wildman–Crippen LogP) is 3.01. The van der Waals surface area contributed by atoms with Gasteiger partial charge in [0, 0.05) is 24.3 Å². The molecule has 0 N–H and O–H groups in total. The highest BCUT2D eigenvalue weighted by Crippen LogP contribution is 2.38. The van der Waals surface area contributed by atoms with E-state index in [-0.39, 0.29) is 8.46 Å². The summed E-state index contributed by atoms with van der Waals surface area (Å²) in [4.78, 5) is 12.0. The average molecular weight is 305 g/mol. The zero-order chi connectivity index (χ0) is 15.1. The maximum atomic E-state index is 11.6. The molecule has 2 aromatic rings. The van der Waals surface area contributed by atoms with E-state index in [2.05, 4.69) is 15.0 Å². The van der Waals surface area contributed by atoms with E-state index in [1.54, 1.807) is 12.1 Å². The van der Waals surface area contributed by atoms with Crippen molar-refractivity contribution in [3.63, 3.8) is 0 Å². The molecule has 0 unspecified atom stereocenters. The van der Waals surface area contributed by atoms with Gasteiger partial charge in [0.1, 0.15) is 12.7 Å². The van der Waals surface area contributed by atoms with Gasteiger partial charge in [-0.25, -0.2) is 15.0 Å². The van der Waals surface area contributed by atoms with Crippen molar-refractivity contribution in [3.05, 3.63) is 42.5 Å². The third kappa shape index (κ3) is 3.47. The van der Waals surface area contributed by atoms with Crippen molar-refractivity contribution in [1.82, 2.24) is 15.0 Å². The molecule has 0 aliphatic carbocycles. The summed E-state index contributed by atoms with van der Waals surface area (Å²) in [6.45, 7) is 4.45. The zero-order valence-corrected chi connectivity index (χ0v) is 12.8. The molecule has 0 bridgehead atoms. The second-order valence-corrected chi connectivity index (χ2v) is 4.85. The topological polar surface area (TPSA) is 74.2 Å². The van der Waals surface area contributed by atoms with Gasteiger partial charge in [-0.15, -0.1) is 0 Å². The number of benzene rings is 1. The van der Waals surface area contributed by atoms with Crippen molar-refractivity contribution in [2.45, 2.75) is 19.4 Å². The molecule has 0 aliphatic heterocycles. The molecule has 0 spiro atoms. The summed E-state index contributed by atoms with van der Waals surface area (Å²) >= 11 is 0. The Morgan fingerprint density at radius 2 is 1.62 bits per heavy atom. The first kappa shape index (κ1) is 15.6. The third-order valence-corrected chi connectivity index (χ3v) is 3.56. The molecule has 2 rings (SSSR count). The summed E-state index contributed by atoms with van der Waals surface area (Å²) in [5.41, 5.74) is 0.257. The van der Waals surface area contributed by atoms with E-state index in [1.165, 1.54) is 12.7 Å². The van der Waals surface area contributed by atoms with Crippen molar-refractivity contribution in [1.29, 1.82) is 0 Å². The third-order valence-electron chi connectivity index (χ3n) is 2.80. The molecule has 0 fully saturated rings. The van der Waals surface area contributed by atoms with Crippen LogP contribution in [0.5, 0.6) is 0 Å². The van der Waals surface area contributed by atoms with Crippen LogP contribution in [-0.4, -0.2) is 28.2 Å². The van der Waals surface area contributed by atoms with Crippen LogP contribution in [0.25, 0.3) is 11.4 Å². The SMILES string of the molecule is CCOC(OCC)(P=O)c1ccc(-c2ncncn2)cc1. The lowest BCUT2D eigenvalue weighted by molar-refractivity contribution is -0.176. The highest BCUT2D eigenvalue weighted by atomic mass is 31.1. The summed E-state index contributed by atoms with van der Waals surface area (Å²) in [5.74, 6) is 0.578. The fraction of sp³-hybridized carbons (Fsp3) is 0.357. The maximum Gasteiger partial charge on any atom is 0.278 e. The second kappa shape index (κ2) is 7.31. The van der Waals surface area contributed by atoms with Gasteiger partial charge in [0.05, 0.1) is 0 Å². The maximum absolute atomic E-state index is 11.6. The lowest BCUT2D eigenvalue weighted by Gasteiger charge is -2.26. The van der Waals surface area contributed by atoms with Gasteiger partial charge in [0.25, 0.3) is 5.53 Å². The Morgan fingerprint density at radius 3 is 2.10 bits per heavy atom. The van der Waals surface area contributed by atoms with Gasteiger partial charge in [0.2, 0.25) is 8.46 Å². The smallest absolute Gasteiger partial charge is 0.278 e. The van der Waals surface area contributed by atoms with E-state index in [4.69, 9.17) is 9.47 Å². The predicted molar refractivity (Wildman–Crippen MR) is 77.8 cm³/mol. The summed E-state index contributed by atoms with van der Waals surface area (Å²) in [5, 5.41) is 0. The molecule has 0 saturated heterocycles. The van der Waals surface area contributed by atoms with Crippen molar-refractivity contribution >= 4 is 8.46 Å². The van der Waals surface area contributed by atoms with E-state index in [9.17, 15) is 4.57 Å². The highest BCUT2D eigenvalue weighted by Gasteiger charge is 2.35. The molecule has 7 heteroatoms. The van der Waals surface area contributed by atoms with Crippen molar-refractivity contribution in [2.75, 3.05) is 13.2 Å². The molecule has 110 valence electrons. The van der Waals surface area contributed by atoms with Gasteiger partial charge in [-0.1, -0.05) is 24.3 Å². The minimum Gasteiger partial charge on any atom is -0.337 e. The fourth-order valence-electron chi connectivity index (χ4n) is 1.92. The first-order valence-corrected chi connectivity index (χ1v) is 7.42. The van der Waals surface area contributed by atoms with Gasteiger partial charge in [-0.3, -0.25) is 4.57 Å². The van der Waals surface area contributed by atoms with Crippen molar-refractivity contribution in [2.24, 2.45) is 0 Å². The summed E-state index contributed by atoms with van der Waals surface area (Å²) in [6.07, 6.45) is 2.88. The molecule has 1 heterocycles. The lowest BCUT2D eigenvalue weighted by atomic mass is 10.1. The van der Waals surface area contributed by atoms with Gasteiger partial charge in [0.15, 0.2) is 5.82 Å². The second-order valence-electron chi connectivity index (χ2n) is 4.08. The molecule has 0 atom stereocenters. The minimum absolute atomic E-state index is 0.238. The normalized spacial score (nSPS) is 11.7. The van der Waals surface area contributed by atoms with Crippen LogP contribution in [-0.2, 0) is 19.6 Å². The van der Waals surface area contributed by atoms with Crippen LogP contribution in [0.2, 0.25) is 0 Å². The van der Waals surface area contributed by atoms with Crippen molar-refractivity contribution in [3.8, 4) is 11.4 Å². The monoisotopic (exact) mass is 305 g/mol. The molecule has 1 aromatic carbocycles. The molecule has 0 radical (unpaired) electrons. The van der Waals surface area contributed by atoms with Gasteiger partial charge in [-0.05, 0) is 13.8 Å². The molecule has 6 nitrogen and oxygen atoms in total. The number of ether oxygens (including phenoxy) is 2.